The van der Waals surface area contributed by atoms with E-state index in [1.807, 2.05) is 39.0 Å². The fourth-order valence-corrected chi connectivity index (χ4v) is 2.12. The van der Waals surface area contributed by atoms with Crippen LogP contribution in [0.2, 0.25) is 0 Å². The maximum atomic E-state index is 12.3. The van der Waals surface area contributed by atoms with E-state index in [9.17, 15) is 4.79 Å². The Bertz CT molecular complexity index is 653. The number of aryl methyl sites for hydroxylation is 1. The van der Waals surface area contributed by atoms with Crippen LogP contribution in [-0.2, 0) is 0 Å². The lowest BCUT2D eigenvalue weighted by Crippen LogP contribution is -2.12. The molecule has 0 spiro atoms. The molecule has 0 radical (unpaired) electrons. The second-order valence-electron chi connectivity index (χ2n) is 4.85. The minimum absolute atomic E-state index is 0.143. The first-order valence-corrected chi connectivity index (χ1v) is 7.41. The van der Waals surface area contributed by atoms with Crippen molar-refractivity contribution in [3.05, 3.63) is 53.6 Å². The summed E-state index contributed by atoms with van der Waals surface area (Å²) in [5.74, 6) is 1.17. The van der Waals surface area contributed by atoms with Crippen molar-refractivity contribution in [3.8, 4) is 11.5 Å². The number of nitrogens with one attached hydrogen (secondary N) is 1. The fourth-order valence-electron chi connectivity index (χ4n) is 2.12. The highest BCUT2D eigenvalue weighted by molar-refractivity contribution is 6.04. The van der Waals surface area contributed by atoms with E-state index in [1.165, 1.54) is 0 Å². The van der Waals surface area contributed by atoms with Crippen molar-refractivity contribution in [3.63, 3.8) is 0 Å². The van der Waals surface area contributed by atoms with Crippen LogP contribution in [-0.4, -0.2) is 19.1 Å². The zero-order chi connectivity index (χ0) is 15.9. The summed E-state index contributed by atoms with van der Waals surface area (Å²) < 4.78 is 11.1. The summed E-state index contributed by atoms with van der Waals surface area (Å²) in [5, 5.41) is 2.88. The van der Waals surface area contributed by atoms with Gasteiger partial charge in [-0.25, -0.2) is 0 Å². The molecule has 0 saturated carbocycles. The van der Waals surface area contributed by atoms with E-state index >= 15 is 0 Å². The van der Waals surface area contributed by atoms with E-state index in [-0.39, 0.29) is 5.91 Å². The van der Waals surface area contributed by atoms with Gasteiger partial charge in [0.05, 0.1) is 13.2 Å². The molecular weight excluding hydrogens is 278 g/mol. The van der Waals surface area contributed by atoms with E-state index in [1.54, 1.807) is 24.3 Å². The third-order valence-corrected chi connectivity index (χ3v) is 3.08. The lowest BCUT2D eigenvalue weighted by molar-refractivity contribution is 0.102. The van der Waals surface area contributed by atoms with Crippen LogP contribution in [0.25, 0.3) is 0 Å². The highest BCUT2D eigenvalue weighted by atomic mass is 16.5. The third-order valence-electron chi connectivity index (χ3n) is 3.08. The topological polar surface area (TPSA) is 47.6 Å². The zero-order valence-corrected chi connectivity index (χ0v) is 13.2. The van der Waals surface area contributed by atoms with Gasteiger partial charge in [-0.05, 0) is 45.0 Å². The maximum Gasteiger partial charge on any atom is 0.255 e. The zero-order valence-electron chi connectivity index (χ0n) is 13.2. The summed E-state index contributed by atoms with van der Waals surface area (Å²) in [6.07, 6.45) is 0. The summed E-state index contributed by atoms with van der Waals surface area (Å²) in [4.78, 5) is 12.3. The molecule has 0 heterocycles. The average Bonchev–Trinajstić information content (AvgIpc) is 2.50. The molecule has 0 saturated heterocycles. The van der Waals surface area contributed by atoms with Crippen LogP contribution in [0.4, 0.5) is 5.69 Å². The Morgan fingerprint density at radius 2 is 1.73 bits per heavy atom. The van der Waals surface area contributed by atoms with E-state index in [4.69, 9.17) is 9.47 Å². The van der Waals surface area contributed by atoms with Gasteiger partial charge >= 0.3 is 0 Å². The second kappa shape index (κ2) is 7.50. The minimum atomic E-state index is -0.143. The van der Waals surface area contributed by atoms with Gasteiger partial charge in [-0.1, -0.05) is 17.7 Å². The number of benzene rings is 2. The molecule has 0 aliphatic carbocycles. The van der Waals surface area contributed by atoms with Gasteiger partial charge in [-0.2, -0.15) is 0 Å². The molecule has 116 valence electrons. The van der Waals surface area contributed by atoms with Crippen molar-refractivity contribution in [2.24, 2.45) is 0 Å². The molecule has 0 fully saturated rings. The Morgan fingerprint density at radius 3 is 2.41 bits per heavy atom. The standard InChI is InChI=1S/C18H21NO3/c1-4-21-16-10-9-15(12-17(16)22-5-2)19-18(20)14-8-6-7-13(3)11-14/h6-12H,4-5H2,1-3H3,(H,19,20). The predicted octanol–water partition coefficient (Wildman–Crippen LogP) is 4.04. The normalized spacial score (nSPS) is 10.1. The molecule has 4 nitrogen and oxygen atoms in total. The van der Waals surface area contributed by atoms with Gasteiger partial charge in [0.1, 0.15) is 0 Å². The first-order chi connectivity index (χ1) is 10.6. The van der Waals surface area contributed by atoms with Crippen LogP contribution in [0.1, 0.15) is 29.8 Å². The maximum absolute atomic E-state index is 12.3. The van der Waals surface area contributed by atoms with Crippen molar-refractivity contribution >= 4 is 11.6 Å². The highest BCUT2D eigenvalue weighted by Gasteiger charge is 2.10. The number of carbonyl (C=O) groups excluding carboxylic acids is 1. The molecule has 2 aromatic rings. The van der Waals surface area contributed by atoms with Crippen molar-refractivity contribution < 1.29 is 14.3 Å². The molecule has 1 N–H and O–H groups in total. The summed E-state index contributed by atoms with van der Waals surface area (Å²) in [6.45, 7) is 6.89. The van der Waals surface area contributed by atoms with Crippen molar-refractivity contribution in [2.75, 3.05) is 18.5 Å². The van der Waals surface area contributed by atoms with Crippen LogP contribution >= 0.6 is 0 Å². The van der Waals surface area contributed by atoms with Gasteiger partial charge in [0.15, 0.2) is 11.5 Å². The molecule has 0 aliphatic heterocycles. The number of hydrogen-bond acceptors (Lipinski definition) is 3. The Morgan fingerprint density at radius 1 is 1.00 bits per heavy atom. The Balaban J connectivity index is 2.18. The summed E-state index contributed by atoms with van der Waals surface area (Å²) >= 11 is 0. The molecular formula is C18H21NO3. The molecule has 0 atom stereocenters. The van der Waals surface area contributed by atoms with E-state index < -0.39 is 0 Å². The van der Waals surface area contributed by atoms with E-state index in [0.29, 0.717) is 36.0 Å². The monoisotopic (exact) mass is 299 g/mol. The quantitative estimate of drug-likeness (QED) is 0.875. The molecule has 22 heavy (non-hydrogen) atoms. The van der Waals surface area contributed by atoms with Crippen molar-refractivity contribution in [1.82, 2.24) is 0 Å². The van der Waals surface area contributed by atoms with E-state index in [0.717, 1.165) is 5.56 Å². The molecule has 4 heteroatoms. The molecule has 2 aromatic carbocycles. The smallest absolute Gasteiger partial charge is 0.255 e. The molecule has 0 aliphatic rings. The SMILES string of the molecule is CCOc1ccc(NC(=O)c2cccc(C)c2)cc1OCC. The van der Waals surface area contributed by atoms with Crippen LogP contribution in [0.15, 0.2) is 42.5 Å². The molecule has 0 aromatic heterocycles. The van der Waals surface area contributed by atoms with Gasteiger partial charge in [0, 0.05) is 17.3 Å². The van der Waals surface area contributed by atoms with Crippen LogP contribution in [0, 0.1) is 6.92 Å². The van der Waals surface area contributed by atoms with Gasteiger partial charge in [0.25, 0.3) is 5.91 Å². The first kappa shape index (κ1) is 15.9. The predicted molar refractivity (Wildman–Crippen MR) is 87.9 cm³/mol. The lowest BCUT2D eigenvalue weighted by atomic mass is 10.1. The number of ether oxygens (including phenoxy) is 2. The fraction of sp³-hybridized carbons (Fsp3) is 0.278. The third kappa shape index (κ3) is 4.01. The van der Waals surface area contributed by atoms with Crippen LogP contribution in [0.5, 0.6) is 11.5 Å². The van der Waals surface area contributed by atoms with Crippen molar-refractivity contribution in [2.45, 2.75) is 20.8 Å². The lowest BCUT2D eigenvalue weighted by Gasteiger charge is -2.13. The van der Waals surface area contributed by atoms with Crippen molar-refractivity contribution in [1.29, 1.82) is 0 Å². The number of carbonyl (C=O) groups is 1. The van der Waals surface area contributed by atoms with Crippen LogP contribution in [0.3, 0.4) is 0 Å². The number of hydrogen-bond donors (Lipinski definition) is 1. The van der Waals surface area contributed by atoms with E-state index in [2.05, 4.69) is 5.32 Å². The summed E-state index contributed by atoms with van der Waals surface area (Å²) in [7, 11) is 0. The summed E-state index contributed by atoms with van der Waals surface area (Å²) in [6, 6.07) is 12.9. The summed E-state index contributed by atoms with van der Waals surface area (Å²) in [5.41, 5.74) is 2.36. The average molecular weight is 299 g/mol. The Labute approximate surface area is 131 Å². The molecule has 0 unspecified atom stereocenters. The number of anilines is 1. The Hall–Kier alpha value is -2.49. The molecule has 0 bridgehead atoms. The highest BCUT2D eigenvalue weighted by Crippen LogP contribution is 2.30. The van der Waals surface area contributed by atoms with Gasteiger partial charge in [-0.3, -0.25) is 4.79 Å². The van der Waals surface area contributed by atoms with Crippen LogP contribution < -0.4 is 14.8 Å². The molecule has 1 amide bonds. The number of rotatable bonds is 6. The largest absolute Gasteiger partial charge is 0.490 e. The van der Waals surface area contributed by atoms with Gasteiger partial charge < -0.3 is 14.8 Å². The minimum Gasteiger partial charge on any atom is -0.490 e. The second-order valence-corrected chi connectivity index (χ2v) is 4.85. The van der Waals surface area contributed by atoms with Gasteiger partial charge in [0.2, 0.25) is 0 Å². The Kier molecular flexibility index (Phi) is 5.42. The number of amides is 1. The molecule has 2 rings (SSSR count). The first-order valence-electron chi connectivity index (χ1n) is 7.41. The van der Waals surface area contributed by atoms with Gasteiger partial charge in [-0.15, -0.1) is 0 Å².